The van der Waals surface area contributed by atoms with Crippen LogP contribution in [-0.4, -0.2) is 60.0 Å². The van der Waals surface area contributed by atoms with Crippen molar-refractivity contribution in [3.8, 4) is 0 Å². The van der Waals surface area contributed by atoms with Crippen LogP contribution >= 0.6 is 0 Å². The number of aromatic amines is 1. The second-order valence-electron chi connectivity index (χ2n) is 7.76. The van der Waals surface area contributed by atoms with E-state index < -0.39 is 0 Å². The van der Waals surface area contributed by atoms with Gasteiger partial charge in [-0.1, -0.05) is 42.5 Å². The summed E-state index contributed by atoms with van der Waals surface area (Å²) in [4.78, 5) is 32.2. The topological polar surface area (TPSA) is 77.7 Å². The van der Waals surface area contributed by atoms with E-state index in [2.05, 4.69) is 10.3 Å². The van der Waals surface area contributed by atoms with Crippen molar-refractivity contribution in [2.75, 3.05) is 33.3 Å². The summed E-state index contributed by atoms with van der Waals surface area (Å²) in [5, 5.41) is 4.08. The van der Waals surface area contributed by atoms with Crippen molar-refractivity contribution in [3.63, 3.8) is 0 Å². The van der Waals surface area contributed by atoms with Crippen LogP contribution in [0.3, 0.4) is 0 Å². The summed E-state index contributed by atoms with van der Waals surface area (Å²) in [6.45, 7) is 3.14. The summed E-state index contributed by atoms with van der Waals surface area (Å²) in [5.74, 6) is 0.0957. The summed E-state index contributed by atoms with van der Waals surface area (Å²) in [6, 6.07) is 15.8. The number of carbonyl (C=O) groups is 2. The van der Waals surface area contributed by atoms with Gasteiger partial charge in [0.2, 0.25) is 5.91 Å². The highest BCUT2D eigenvalue weighted by Crippen LogP contribution is 2.19. The number of aromatic nitrogens is 1. The van der Waals surface area contributed by atoms with Crippen LogP contribution < -0.4 is 5.32 Å². The van der Waals surface area contributed by atoms with Crippen LogP contribution in [0.5, 0.6) is 0 Å². The molecule has 7 nitrogen and oxygen atoms in total. The van der Waals surface area contributed by atoms with E-state index in [1.165, 1.54) is 0 Å². The standard InChI is InChI=1S/C24H28N4O3/c1-31-17-19-7-3-2-6-18(19)15-26-24(30)28-12-10-27(11-13-28)23(29)14-20-16-25-22-9-5-4-8-21(20)22/h2-9,16,25H,10-15,17H2,1H3,(H,26,30). The van der Waals surface area contributed by atoms with E-state index in [1.54, 1.807) is 12.0 Å². The van der Waals surface area contributed by atoms with Gasteiger partial charge in [0.15, 0.2) is 0 Å². The lowest BCUT2D eigenvalue weighted by atomic mass is 10.1. The van der Waals surface area contributed by atoms with Gasteiger partial charge in [0.05, 0.1) is 13.0 Å². The number of H-pyrrole nitrogens is 1. The maximum absolute atomic E-state index is 12.8. The Morgan fingerprint density at radius 1 is 0.935 bits per heavy atom. The van der Waals surface area contributed by atoms with Gasteiger partial charge in [-0.3, -0.25) is 4.79 Å². The molecule has 1 aliphatic heterocycles. The molecule has 162 valence electrons. The Balaban J connectivity index is 1.27. The van der Waals surface area contributed by atoms with E-state index >= 15 is 0 Å². The minimum Gasteiger partial charge on any atom is -0.380 e. The first-order chi connectivity index (χ1) is 15.2. The first kappa shape index (κ1) is 20.9. The van der Waals surface area contributed by atoms with E-state index in [0.29, 0.717) is 45.8 Å². The fraction of sp³-hybridized carbons (Fsp3) is 0.333. The van der Waals surface area contributed by atoms with Gasteiger partial charge in [0, 0.05) is 56.9 Å². The predicted molar refractivity (Wildman–Crippen MR) is 120 cm³/mol. The van der Waals surface area contributed by atoms with Gasteiger partial charge in [-0.15, -0.1) is 0 Å². The number of fused-ring (bicyclic) bond motifs is 1. The van der Waals surface area contributed by atoms with Gasteiger partial charge in [-0.05, 0) is 22.8 Å². The second kappa shape index (κ2) is 9.66. The minimum atomic E-state index is -0.101. The highest BCUT2D eigenvalue weighted by molar-refractivity contribution is 5.89. The van der Waals surface area contributed by atoms with Crippen LogP contribution in [0.1, 0.15) is 16.7 Å². The highest BCUT2D eigenvalue weighted by atomic mass is 16.5. The number of urea groups is 1. The molecular weight excluding hydrogens is 392 g/mol. The molecule has 1 aromatic heterocycles. The third-order valence-corrected chi connectivity index (χ3v) is 5.78. The number of piperazine rings is 1. The van der Waals surface area contributed by atoms with Crippen molar-refractivity contribution < 1.29 is 14.3 Å². The molecular formula is C24H28N4O3. The fourth-order valence-corrected chi connectivity index (χ4v) is 4.02. The lowest BCUT2D eigenvalue weighted by Crippen LogP contribution is -2.53. The monoisotopic (exact) mass is 420 g/mol. The Bertz CT molecular complexity index is 1050. The number of methoxy groups -OCH3 is 1. The normalized spacial score (nSPS) is 14.1. The zero-order valence-corrected chi connectivity index (χ0v) is 17.8. The fourth-order valence-electron chi connectivity index (χ4n) is 4.02. The molecule has 1 aliphatic rings. The Labute approximate surface area is 182 Å². The van der Waals surface area contributed by atoms with Gasteiger partial charge >= 0.3 is 6.03 Å². The average molecular weight is 421 g/mol. The molecule has 0 aliphatic carbocycles. The zero-order valence-electron chi connectivity index (χ0n) is 17.8. The van der Waals surface area contributed by atoms with Crippen LogP contribution in [0.25, 0.3) is 10.9 Å². The molecule has 2 heterocycles. The number of carbonyl (C=O) groups excluding carboxylic acids is 2. The van der Waals surface area contributed by atoms with Gasteiger partial charge < -0.3 is 24.8 Å². The molecule has 4 rings (SSSR count). The summed E-state index contributed by atoms with van der Waals surface area (Å²) < 4.78 is 5.22. The van der Waals surface area contributed by atoms with E-state index in [4.69, 9.17) is 4.74 Å². The zero-order chi connectivity index (χ0) is 21.6. The van der Waals surface area contributed by atoms with Gasteiger partial charge in [-0.2, -0.15) is 0 Å². The maximum Gasteiger partial charge on any atom is 0.317 e. The summed E-state index contributed by atoms with van der Waals surface area (Å²) in [5.41, 5.74) is 4.16. The molecule has 1 saturated heterocycles. The first-order valence-electron chi connectivity index (χ1n) is 10.6. The molecule has 2 N–H and O–H groups in total. The number of para-hydroxylation sites is 1. The number of benzene rings is 2. The van der Waals surface area contributed by atoms with Crippen LogP contribution in [0.15, 0.2) is 54.7 Å². The SMILES string of the molecule is COCc1ccccc1CNC(=O)N1CCN(C(=O)Cc2c[nH]c3ccccc23)CC1. The lowest BCUT2D eigenvalue weighted by molar-refractivity contribution is -0.131. The average Bonchev–Trinajstić information content (AvgIpc) is 3.21. The molecule has 0 saturated carbocycles. The molecule has 3 amide bonds. The smallest absolute Gasteiger partial charge is 0.317 e. The van der Waals surface area contributed by atoms with E-state index in [1.807, 2.05) is 59.6 Å². The van der Waals surface area contributed by atoms with Crippen molar-refractivity contribution in [1.29, 1.82) is 0 Å². The molecule has 0 unspecified atom stereocenters. The van der Waals surface area contributed by atoms with Gasteiger partial charge in [-0.25, -0.2) is 4.79 Å². The Kier molecular flexibility index (Phi) is 6.52. The molecule has 7 heteroatoms. The number of rotatable bonds is 6. The Morgan fingerprint density at radius 2 is 1.61 bits per heavy atom. The predicted octanol–water partition coefficient (Wildman–Crippen LogP) is 2.91. The molecule has 1 fully saturated rings. The molecule has 0 radical (unpaired) electrons. The van der Waals surface area contributed by atoms with Crippen LogP contribution in [0.2, 0.25) is 0 Å². The molecule has 0 bridgehead atoms. The third kappa shape index (κ3) is 4.88. The van der Waals surface area contributed by atoms with Gasteiger partial charge in [0.25, 0.3) is 0 Å². The highest BCUT2D eigenvalue weighted by Gasteiger charge is 2.24. The summed E-state index contributed by atoms with van der Waals surface area (Å²) in [7, 11) is 1.66. The van der Waals surface area contributed by atoms with Crippen LogP contribution in [0.4, 0.5) is 4.79 Å². The van der Waals surface area contributed by atoms with Crippen LogP contribution in [0, 0.1) is 0 Å². The Hall–Kier alpha value is -3.32. The molecule has 2 aromatic carbocycles. The molecule has 0 spiro atoms. The molecule has 3 aromatic rings. The third-order valence-electron chi connectivity index (χ3n) is 5.78. The molecule has 0 atom stereocenters. The van der Waals surface area contributed by atoms with E-state index in [9.17, 15) is 9.59 Å². The number of nitrogens with one attached hydrogen (secondary N) is 2. The molecule has 31 heavy (non-hydrogen) atoms. The number of hydrogen-bond acceptors (Lipinski definition) is 3. The van der Waals surface area contributed by atoms with E-state index in [-0.39, 0.29) is 11.9 Å². The number of nitrogens with zero attached hydrogens (tertiary/aromatic N) is 2. The van der Waals surface area contributed by atoms with Crippen molar-refractivity contribution in [2.45, 2.75) is 19.6 Å². The number of hydrogen-bond donors (Lipinski definition) is 2. The van der Waals surface area contributed by atoms with Crippen molar-refractivity contribution in [3.05, 3.63) is 71.4 Å². The van der Waals surface area contributed by atoms with Crippen molar-refractivity contribution >= 4 is 22.8 Å². The van der Waals surface area contributed by atoms with E-state index in [0.717, 1.165) is 27.6 Å². The van der Waals surface area contributed by atoms with Gasteiger partial charge in [0.1, 0.15) is 0 Å². The number of ether oxygens (including phenoxy) is 1. The second-order valence-corrected chi connectivity index (χ2v) is 7.76. The maximum atomic E-state index is 12.8. The van der Waals surface area contributed by atoms with Crippen molar-refractivity contribution in [1.82, 2.24) is 20.1 Å². The number of amides is 3. The lowest BCUT2D eigenvalue weighted by Gasteiger charge is -2.34. The summed E-state index contributed by atoms with van der Waals surface area (Å²) in [6.07, 6.45) is 2.28. The first-order valence-corrected chi connectivity index (χ1v) is 10.6. The minimum absolute atomic E-state index is 0.0957. The Morgan fingerprint density at radius 3 is 2.39 bits per heavy atom. The van der Waals surface area contributed by atoms with Crippen molar-refractivity contribution in [2.24, 2.45) is 0 Å². The van der Waals surface area contributed by atoms with Crippen LogP contribution in [-0.2, 0) is 29.1 Å². The largest absolute Gasteiger partial charge is 0.380 e. The summed E-state index contributed by atoms with van der Waals surface area (Å²) >= 11 is 0. The quantitative estimate of drug-likeness (QED) is 0.644.